The van der Waals surface area contributed by atoms with Gasteiger partial charge in [-0.2, -0.15) is 0 Å². The van der Waals surface area contributed by atoms with Crippen molar-refractivity contribution in [3.05, 3.63) is 0 Å². The first-order valence-corrected chi connectivity index (χ1v) is 8.83. The molecule has 2 aliphatic heterocycles. The Bertz CT molecular complexity index is 269. The van der Waals surface area contributed by atoms with Crippen LogP contribution >= 0.6 is 0 Å². The summed E-state index contributed by atoms with van der Waals surface area (Å²) >= 11 is 0. The zero-order chi connectivity index (χ0) is 14.4. The summed E-state index contributed by atoms with van der Waals surface area (Å²) in [5.74, 6) is 0. The lowest BCUT2D eigenvalue weighted by Gasteiger charge is -2.39. The highest BCUT2D eigenvalue weighted by Gasteiger charge is 2.22. The number of hydrogen-bond acceptors (Lipinski definition) is 3. The Labute approximate surface area is 126 Å². The van der Waals surface area contributed by atoms with Crippen LogP contribution in [-0.4, -0.2) is 73.6 Å². The molecule has 118 valence electrons. The first-order valence-electron chi connectivity index (χ1n) is 8.83. The number of likely N-dealkylation sites (N-methyl/N-ethyl adjacent to an activating group) is 1. The molecule has 3 heteroatoms. The van der Waals surface area contributed by atoms with Crippen LogP contribution in [-0.2, 0) is 0 Å². The third-order valence-electron chi connectivity index (χ3n) is 5.52. The molecule has 0 aromatic rings. The molecule has 20 heavy (non-hydrogen) atoms. The minimum atomic E-state index is 0.785. The Morgan fingerprint density at radius 3 is 2.45 bits per heavy atom. The molecular weight excluding hydrogens is 246 g/mol. The van der Waals surface area contributed by atoms with Crippen molar-refractivity contribution in [1.82, 2.24) is 14.7 Å². The monoisotopic (exact) mass is 281 g/mol. The van der Waals surface area contributed by atoms with E-state index in [0.717, 1.165) is 12.1 Å². The number of hydrogen-bond donors (Lipinski definition) is 0. The second-order valence-electron chi connectivity index (χ2n) is 6.97. The Kier molecular flexibility index (Phi) is 6.79. The van der Waals surface area contributed by atoms with Gasteiger partial charge in [-0.25, -0.2) is 0 Å². The van der Waals surface area contributed by atoms with Crippen LogP contribution in [0.3, 0.4) is 0 Å². The van der Waals surface area contributed by atoms with E-state index in [9.17, 15) is 0 Å². The molecule has 3 nitrogen and oxygen atoms in total. The summed E-state index contributed by atoms with van der Waals surface area (Å²) in [6.45, 7) is 8.78. The van der Waals surface area contributed by atoms with Gasteiger partial charge in [-0.05, 0) is 59.3 Å². The number of nitrogens with zero attached hydrogens (tertiary/aromatic N) is 3. The van der Waals surface area contributed by atoms with E-state index in [0.29, 0.717) is 0 Å². The molecule has 0 aromatic carbocycles. The topological polar surface area (TPSA) is 9.72 Å². The van der Waals surface area contributed by atoms with Crippen LogP contribution in [0.25, 0.3) is 0 Å². The van der Waals surface area contributed by atoms with Crippen molar-refractivity contribution < 1.29 is 0 Å². The third kappa shape index (κ3) is 4.71. The van der Waals surface area contributed by atoms with Crippen LogP contribution in [0.5, 0.6) is 0 Å². The van der Waals surface area contributed by atoms with Gasteiger partial charge in [0.2, 0.25) is 0 Å². The number of likely N-dealkylation sites (tertiary alicyclic amines) is 1. The van der Waals surface area contributed by atoms with Gasteiger partial charge in [0.1, 0.15) is 0 Å². The van der Waals surface area contributed by atoms with Crippen molar-refractivity contribution in [2.75, 3.05) is 46.8 Å². The van der Waals surface area contributed by atoms with Gasteiger partial charge in [0.15, 0.2) is 0 Å². The Morgan fingerprint density at radius 2 is 1.70 bits per heavy atom. The van der Waals surface area contributed by atoms with E-state index in [-0.39, 0.29) is 0 Å². The van der Waals surface area contributed by atoms with Crippen molar-refractivity contribution in [3.63, 3.8) is 0 Å². The summed E-state index contributed by atoms with van der Waals surface area (Å²) in [6.07, 6.45) is 9.81. The molecule has 2 rings (SSSR count). The fraction of sp³-hybridized carbons (Fsp3) is 1.00. The smallest absolute Gasteiger partial charge is 0.0218 e. The van der Waals surface area contributed by atoms with Crippen LogP contribution < -0.4 is 0 Å². The summed E-state index contributed by atoms with van der Waals surface area (Å²) < 4.78 is 0. The molecule has 2 atom stereocenters. The quantitative estimate of drug-likeness (QED) is 0.693. The lowest BCUT2D eigenvalue weighted by atomic mass is 9.98. The Morgan fingerprint density at radius 1 is 0.900 bits per heavy atom. The standard InChI is InChI=1S/C17H35N3/c1-4-16-15-20(14-13-19(16)3)12-8-6-10-17-9-5-7-11-18(17)2/h16-17H,4-15H2,1-3H3. The van der Waals surface area contributed by atoms with Gasteiger partial charge in [0, 0.05) is 31.7 Å². The third-order valence-corrected chi connectivity index (χ3v) is 5.52. The highest BCUT2D eigenvalue weighted by Crippen LogP contribution is 2.20. The molecule has 2 fully saturated rings. The largest absolute Gasteiger partial charge is 0.303 e. The van der Waals surface area contributed by atoms with E-state index >= 15 is 0 Å². The fourth-order valence-corrected chi connectivity index (χ4v) is 3.88. The average Bonchev–Trinajstić information content (AvgIpc) is 2.47. The van der Waals surface area contributed by atoms with Gasteiger partial charge < -0.3 is 14.7 Å². The molecule has 0 bridgehead atoms. The van der Waals surface area contributed by atoms with Gasteiger partial charge in [0.05, 0.1) is 0 Å². The fourth-order valence-electron chi connectivity index (χ4n) is 3.88. The highest BCUT2D eigenvalue weighted by molar-refractivity contribution is 4.79. The van der Waals surface area contributed by atoms with E-state index in [1.165, 1.54) is 77.7 Å². The van der Waals surface area contributed by atoms with Crippen LogP contribution in [0.2, 0.25) is 0 Å². The SMILES string of the molecule is CCC1CN(CCCCC2CCCCN2C)CCN1C. The van der Waals surface area contributed by atoms with E-state index in [1.807, 2.05) is 0 Å². The van der Waals surface area contributed by atoms with Crippen LogP contribution in [0.4, 0.5) is 0 Å². The number of unbranched alkanes of at least 4 members (excludes halogenated alkanes) is 1. The average molecular weight is 281 g/mol. The van der Waals surface area contributed by atoms with Gasteiger partial charge >= 0.3 is 0 Å². The molecular formula is C17H35N3. The maximum atomic E-state index is 2.69. The number of piperidine rings is 1. The van der Waals surface area contributed by atoms with Crippen molar-refractivity contribution >= 4 is 0 Å². The Hall–Kier alpha value is -0.120. The molecule has 0 aliphatic carbocycles. The van der Waals surface area contributed by atoms with Crippen molar-refractivity contribution in [1.29, 1.82) is 0 Å². The summed E-state index contributed by atoms with van der Waals surface area (Å²) in [4.78, 5) is 7.82. The minimum Gasteiger partial charge on any atom is -0.303 e. The van der Waals surface area contributed by atoms with Gasteiger partial charge in [0.25, 0.3) is 0 Å². The van der Waals surface area contributed by atoms with Gasteiger partial charge in [-0.3, -0.25) is 0 Å². The number of piperazine rings is 1. The first-order chi connectivity index (χ1) is 9.70. The normalized spacial score (nSPS) is 30.8. The second kappa shape index (κ2) is 8.35. The summed E-state index contributed by atoms with van der Waals surface area (Å²) in [5, 5.41) is 0. The van der Waals surface area contributed by atoms with Gasteiger partial charge in [-0.15, -0.1) is 0 Å². The predicted molar refractivity (Wildman–Crippen MR) is 87.3 cm³/mol. The molecule has 0 saturated carbocycles. The van der Waals surface area contributed by atoms with Gasteiger partial charge in [-0.1, -0.05) is 19.8 Å². The van der Waals surface area contributed by atoms with Crippen LogP contribution in [0.1, 0.15) is 51.9 Å². The maximum Gasteiger partial charge on any atom is 0.0218 e. The lowest BCUT2D eigenvalue weighted by molar-refractivity contribution is 0.0908. The molecule has 2 unspecified atom stereocenters. The summed E-state index contributed by atoms with van der Waals surface area (Å²) in [6, 6.07) is 1.66. The zero-order valence-electron chi connectivity index (χ0n) is 14.0. The molecule has 0 spiro atoms. The highest BCUT2D eigenvalue weighted by atomic mass is 15.3. The van der Waals surface area contributed by atoms with E-state index in [2.05, 4.69) is 35.7 Å². The molecule has 0 amide bonds. The van der Waals surface area contributed by atoms with Crippen LogP contribution in [0, 0.1) is 0 Å². The number of rotatable bonds is 6. The molecule has 0 N–H and O–H groups in total. The lowest BCUT2D eigenvalue weighted by Crippen LogP contribution is -2.51. The van der Waals surface area contributed by atoms with Crippen molar-refractivity contribution in [3.8, 4) is 0 Å². The first kappa shape index (κ1) is 16.3. The maximum absolute atomic E-state index is 2.69. The molecule has 0 aromatic heterocycles. The van der Waals surface area contributed by atoms with Crippen LogP contribution in [0.15, 0.2) is 0 Å². The zero-order valence-corrected chi connectivity index (χ0v) is 14.0. The summed E-state index contributed by atoms with van der Waals surface area (Å²) in [7, 11) is 4.60. The van der Waals surface area contributed by atoms with E-state index in [1.54, 1.807) is 0 Å². The van der Waals surface area contributed by atoms with Crippen molar-refractivity contribution in [2.45, 2.75) is 64.0 Å². The molecule has 0 radical (unpaired) electrons. The molecule has 2 aliphatic rings. The Balaban J connectivity index is 1.59. The van der Waals surface area contributed by atoms with Crippen molar-refractivity contribution in [2.24, 2.45) is 0 Å². The molecule has 2 saturated heterocycles. The summed E-state index contributed by atoms with van der Waals surface area (Å²) in [5.41, 5.74) is 0. The minimum absolute atomic E-state index is 0.785. The molecule has 2 heterocycles. The second-order valence-corrected chi connectivity index (χ2v) is 6.97. The van der Waals surface area contributed by atoms with E-state index < -0.39 is 0 Å². The predicted octanol–water partition coefficient (Wildman–Crippen LogP) is 2.67. The van der Waals surface area contributed by atoms with E-state index in [4.69, 9.17) is 0 Å².